The molecular formula is C73H54N4. The molecule has 0 saturated heterocycles. The summed E-state index contributed by atoms with van der Waals surface area (Å²) in [6.45, 7) is 4.73. The number of para-hydroxylation sites is 6. The fourth-order valence-corrected chi connectivity index (χ4v) is 12.0. The Morgan fingerprint density at radius 2 is 0.727 bits per heavy atom. The average molecular weight is 987 g/mol. The van der Waals surface area contributed by atoms with Crippen molar-refractivity contribution in [1.82, 2.24) is 4.57 Å². The van der Waals surface area contributed by atoms with E-state index >= 15 is 0 Å². The van der Waals surface area contributed by atoms with Gasteiger partial charge in [-0.1, -0.05) is 172 Å². The van der Waals surface area contributed by atoms with Gasteiger partial charge >= 0.3 is 0 Å². The van der Waals surface area contributed by atoms with Gasteiger partial charge in [0, 0.05) is 73.1 Å². The van der Waals surface area contributed by atoms with Crippen molar-refractivity contribution < 1.29 is 0 Å². The van der Waals surface area contributed by atoms with E-state index in [0.717, 1.165) is 78.8 Å². The minimum atomic E-state index is -0.157. The van der Waals surface area contributed by atoms with E-state index in [2.05, 4.69) is 324 Å². The lowest BCUT2D eigenvalue weighted by atomic mass is 9.82. The van der Waals surface area contributed by atoms with Gasteiger partial charge in [0.25, 0.3) is 0 Å². The van der Waals surface area contributed by atoms with Crippen LogP contribution >= 0.6 is 0 Å². The van der Waals surface area contributed by atoms with Gasteiger partial charge in [-0.05, 0) is 178 Å². The second-order valence-electron chi connectivity index (χ2n) is 20.6. The Bertz CT molecular complexity index is 4120. The molecule has 1 aliphatic carbocycles. The Morgan fingerprint density at radius 1 is 0.273 bits per heavy atom. The van der Waals surface area contributed by atoms with Crippen molar-refractivity contribution in [2.45, 2.75) is 19.3 Å². The van der Waals surface area contributed by atoms with Crippen LogP contribution in [0.4, 0.5) is 51.2 Å². The lowest BCUT2D eigenvalue weighted by molar-refractivity contribution is 0.660. The number of rotatable bonds is 11. The molecule has 0 unspecified atom stereocenters. The first-order chi connectivity index (χ1) is 37.9. The van der Waals surface area contributed by atoms with Gasteiger partial charge in [-0.15, -0.1) is 0 Å². The van der Waals surface area contributed by atoms with Crippen LogP contribution in [0.2, 0.25) is 0 Å². The molecule has 0 radical (unpaired) electrons. The third-order valence-electron chi connectivity index (χ3n) is 15.6. The average Bonchev–Trinajstić information content (AvgIpc) is 3.94. The third kappa shape index (κ3) is 8.01. The molecule has 1 aromatic heterocycles. The Balaban J connectivity index is 0.932. The van der Waals surface area contributed by atoms with Crippen LogP contribution in [0, 0.1) is 0 Å². The molecule has 0 saturated carbocycles. The minimum absolute atomic E-state index is 0.157. The molecule has 0 bridgehead atoms. The first kappa shape index (κ1) is 45.7. The molecule has 4 heteroatoms. The molecule has 0 amide bonds. The van der Waals surface area contributed by atoms with E-state index in [1.807, 2.05) is 0 Å². The first-order valence-electron chi connectivity index (χ1n) is 26.6. The monoisotopic (exact) mass is 986 g/mol. The van der Waals surface area contributed by atoms with Crippen molar-refractivity contribution in [3.63, 3.8) is 0 Å². The van der Waals surface area contributed by atoms with Crippen molar-refractivity contribution in [3.05, 3.63) is 302 Å². The predicted octanol–water partition coefficient (Wildman–Crippen LogP) is 20.3. The molecule has 0 aliphatic heterocycles. The summed E-state index contributed by atoms with van der Waals surface area (Å²) in [5.74, 6) is 0. The Morgan fingerprint density at radius 3 is 1.36 bits per heavy atom. The number of fused-ring (bicyclic) bond motifs is 7. The van der Waals surface area contributed by atoms with Crippen molar-refractivity contribution in [2.75, 3.05) is 14.7 Å². The Hall–Kier alpha value is -9.90. The maximum absolute atomic E-state index is 2.46. The van der Waals surface area contributed by atoms with Gasteiger partial charge in [0.15, 0.2) is 0 Å². The molecule has 4 nitrogen and oxygen atoms in total. The minimum Gasteiger partial charge on any atom is -0.310 e. The van der Waals surface area contributed by atoms with E-state index in [-0.39, 0.29) is 5.41 Å². The molecule has 366 valence electrons. The van der Waals surface area contributed by atoms with Crippen LogP contribution in [0.3, 0.4) is 0 Å². The molecule has 0 N–H and O–H groups in total. The highest BCUT2D eigenvalue weighted by Crippen LogP contribution is 2.51. The number of aromatic nitrogens is 1. The van der Waals surface area contributed by atoms with Crippen LogP contribution < -0.4 is 14.7 Å². The van der Waals surface area contributed by atoms with Crippen LogP contribution in [0.5, 0.6) is 0 Å². The maximum Gasteiger partial charge on any atom is 0.0542 e. The number of hydrogen-bond acceptors (Lipinski definition) is 3. The zero-order chi connectivity index (χ0) is 51.5. The van der Waals surface area contributed by atoms with E-state index in [1.165, 1.54) is 44.1 Å². The first-order valence-corrected chi connectivity index (χ1v) is 26.6. The largest absolute Gasteiger partial charge is 0.310 e. The smallest absolute Gasteiger partial charge is 0.0542 e. The fourth-order valence-electron chi connectivity index (χ4n) is 12.0. The van der Waals surface area contributed by atoms with Crippen LogP contribution in [0.15, 0.2) is 291 Å². The number of anilines is 9. The van der Waals surface area contributed by atoms with Crippen molar-refractivity contribution in [3.8, 4) is 27.9 Å². The summed E-state index contributed by atoms with van der Waals surface area (Å²) < 4.78 is 2.39. The summed E-state index contributed by atoms with van der Waals surface area (Å²) in [6, 6.07) is 106. The second-order valence-corrected chi connectivity index (χ2v) is 20.6. The van der Waals surface area contributed by atoms with E-state index in [1.54, 1.807) is 0 Å². The van der Waals surface area contributed by atoms with Gasteiger partial charge in [-0.3, -0.25) is 0 Å². The fraction of sp³-hybridized carbons (Fsp3) is 0.0411. The number of benzene rings is 12. The van der Waals surface area contributed by atoms with Gasteiger partial charge in [0.2, 0.25) is 0 Å². The highest BCUT2D eigenvalue weighted by Gasteiger charge is 2.36. The summed E-state index contributed by atoms with van der Waals surface area (Å²) in [7, 11) is 0. The summed E-state index contributed by atoms with van der Waals surface area (Å²) >= 11 is 0. The molecule has 0 atom stereocenters. The molecule has 12 aromatic carbocycles. The van der Waals surface area contributed by atoms with E-state index in [0.29, 0.717) is 0 Å². The van der Waals surface area contributed by atoms with Gasteiger partial charge < -0.3 is 19.3 Å². The lowest BCUT2D eigenvalue weighted by Gasteiger charge is -2.30. The van der Waals surface area contributed by atoms with E-state index < -0.39 is 0 Å². The normalized spacial score (nSPS) is 12.4. The van der Waals surface area contributed by atoms with Gasteiger partial charge in [-0.2, -0.15) is 0 Å². The molecule has 0 spiro atoms. The Kier molecular flexibility index (Phi) is 11.2. The molecule has 14 rings (SSSR count). The predicted molar refractivity (Wildman–Crippen MR) is 325 cm³/mol. The summed E-state index contributed by atoms with van der Waals surface area (Å²) in [4.78, 5) is 7.18. The molecule has 0 fully saturated rings. The zero-order valence-corrected chi connectivity index (χ0v) is 43.0. The van der Waals surface area contributed by atoms with Crippen molar-refractivity contribution >= 4 is 83.8 Å². The molecule has 1 heterocycles. The SMILES string of the molecule is CC1(C)c2ccccc2-c2ccc(N(c3ccc4cc(-c5cc(N(c6ccccc6)c6ccccc6)cc(N(c6ccccc6)c6ccccc6)c5)ccc4c3)c3ccc4c(c3)c3ccccc3n4-c3ccccc3)cc21. The van der Waals surface area contributed by atoms with Crippen LogP contribution in [-0.2, 0) is 5.41 Å². The van der Waals surface area contributed by atoms with E-state index in [4.69, 9.17) is 0 Å². The molecule has 1 aliphatic rings. The second kappa shape index (κ2) is 18.8. The number of hydrogen-bond donors (Lipinski definition) is 0. The molecule has 77 heavy (non-hydrogen) atoms. The zero-order valence-electron chi connectivity index (χ0n) is 43.0. The molecular weight excluding hydrogens is 933 g/mol. The maximum atomic E-state index is 2.46. The summed E-state index contributed by atoms with van der Waals surface area (Å²) in [6.07, 6.45) is 0. The van der Waals surface area contributed by atoms with E-state index in [9.17, 15) is 0 Å². The highest BCUT2D eigenvalue weighted by atomic mass is 15.2. The summed E-state index contributed by atoms with van der Waals surface area (Å²) in [5, 5.41) is 4.76. The molecule has 13 aromatic rings. The number of nitrogens with zero attached hydrogens (tertiary/aromatic N) is 4. The van der Waals surface area contributed by atoms with Crippen LogP contribution in [-0.4, -0.2) is 4.57 Å². The van der Waals surface area contributed by atoms with Gasteiger partial charge in [0.1, 0.15) is 0 Å². The van der Waals surface area contributed by atoms with Crippen molar-refractivity contribution in [2.24, 2.45) is 0 Å². The van der Waals surface area contributed by atoms with Gasteiger partial charge in [-0.25, -0.2) is 0 Å². The van der Waals surface area contributed by atoms with Crippen molar-refractivity contribution in [1.29, 1.82) is 0 Å². The van der Waals surface area contributed by atoms with Crippen LogP contribution in [0.1, 0.15) is 25.0 Å². The Labute approximate surface area is 450 Å². The summed E-state index contributed by atoms with van der Waals surface area (Å²) in [5.41, 5.74) is 20.7. The highest BCUT2D eigenvalue weighted by molar-refractivity contribution is 6.11. The quantitative estimate of drug-likeness (QED) is 0.128. The standard InChI is InChI=1S/C73H54N4/c1-73(2)69-34-20-18-32-65(69)66-42-40-62(50-70(66)73)76(61-41-43-72-68(49-61)67-33-19-21-35-71(67)77(72)59-30-16-7-17-31-59)60-39-38-51-44-52(36-37-53(51)45-60)54-46-63(74(55-22-8-3-9-23-55)56-24-10-4-11-25-56)48-64(47-54)75(57-26-12-5-13-27-57)58-28-14-6-15-29-58/h3-50H,1-2H3. The van der Waals surface area contributed by atoms with Gasteiger partial charge in [0.05, 0.1) is 11.0 Å². The van der Waals surface area contributed by atoms with Crippen LogP contribution in [0.25, 0.3) is 60.5 Å². The third-order valence-corrected chi connectivity index (χ3v) is 15.6. The topological polar surface area (TPSA) is 14.7 Å². The lowest BCUT2D eigenvalue weighted by Crippen LogP contribution is -2.16.